The van der Waals surface area contributed by atoms with E-state index in [1.54, 1.807) is 24.3 Å². The van der Waals surface area contributed by atoms with Gasteiger partial charge in [-0.05, 0) is 42.8 Å². The minimum absolute atomic E-state index is 0.217. The molecule has 0 aliphatic carbocycles. The third-order valence-electron chi connectivity index (χ3n) is 3.44. The lowest BCUT2D eigenvalue weighted by Gasteiger charge is -2.06. The van der Waals surface area contributed by atoms with Crippen LogP contribution in [0.3, 0.4) is 0 Å². The predicted octanol–water partition coefficient (Wildman–Crippen LogP) is 4.31. The number of aromatic nitrogens is 1. The summed E-state index contributed by atoms with van der Waals surface area (Å²) in [6.45, 7) is 1.87. The van der Waals surface area contributed by atoms with Gasteiger partial charge in [-0.25, -0.2) is 18.2 Å². The molecule has 0 spiro atoms. The molecule has 1 aromatic heterocycles. The molecular formula is C16H14ClN3O3S2. The number of aryl methyl sites for hydroxylation is 1. The molecule has 2 N–H and O–H groups in total. The highest BCUT2D eigenvalue weighted by molar-refractivity contribution is 7.90. The van der Waals surface area contributed by atoms with E-state index in [-0.39, 0.29) is 4.90 Å². The highest BCUT2D eigenvalue weighted by Gasteiger charge is 2.12. The smallest absolute Gasteiger partial charge is 0.308 e. The topological polar surface area (TPSA) is 88.2 Å². The van der Waals surface area contributed by atoms with Crippen LogP contribution in [-0.2, 0) is 9.84 Å². The van der Waals surface area contributed by atoms with Crippen molar-refractivity contribution in [2.45, 2.75) is 11.8 Å². The van der Waals surface area contributed by atoms with Crippen molar-refractivity contribution in [3.63, 3.8) is 0 Å². The van der Waals surface area contributed by atoms with Crippen LogP contribution in [0, 0.1) is 6.92 Å². The van der Waals surface area contributed by atoms with Gasteiger partial charge in [-0.2, -0.15) is 0 Å². The highest BCUT2D eigenvalue weighted by Crippen LogP contribution is 2.28. The molecule has 0 saturated heterocycles. The zero-order chi connectivity index (χ0) is 18.2. The molecule has 0 saturated carbocycles. The first kappa shape index (κ1) is 17.7. The predicted molar refractivity (Wildman–Crippen MR) is 102 cm³/mol. The van der Waals surface area contributed by atoms with Crippen LogP contribution in [0.4, 0.5) is 15.6 Å². The zero-order valence-corrected chi connectivity index (χ0v) is 15.7. The van der Waals surface area contributed by atoms with Gasteiger partial charge >= 0.3 is 6.03 Å². The summed E-state index contributed by atoms with van der Waals surface area (Å²) in [6.07, 6.45) is 1.15. The fourth-order valence-electron chi connectivity index (χ4n) is 2.12. The number of sulfone groups is 1. The standard InChI is InChI=1S/C16H14ClN3O3S2/c1-9-3-4-10(7-12(9)17)18-15(21)20-16-19-13-6-5-11(25(2,22)23)8-14(13)24-16/h3-8H,1-2H3,(H2,18,19,20,21). The Morgan fingerprint density at radius 1 is 1.16 bits per heavy atom. The van der Waals surface area contributed by atoms with E-state index in [9.17, 15) is 13.2 Å². The maximum Gasteiger partial charge on any atom is 0.325 e. The van der Waals surface area contributed by atoms with Crippen LogP contribution in [0.5, 0.6) is 0 Å². The van der Waals surface area contributed by atoms with Crippen LogP contribution >= 0.6 is 22.9 Å². The van der Waals surface area contributed by atoms with Crippen molar-refractivity contribution in [3.8, 4) is 0 Å². The molecule has 3 rings (SSSR count). The number of carbonyl (C=O) groups is 1. The second-order valence-electron chi connectivity index (χ2n) is 5.46. The largest absolute Gasteiger partial charge is 0.325 e. The Morgan fingerprint density at radius 3 is 2.60 bits per heavy atom. The summed E-state index contributed by atoms with van der Waals surface area (Å²) in [5.41, 5.74) is 2.10. The van der Waals surface area contributed by atoms with Gasteiger partial charge in [-0.1, -0.05) is 29.0 Å². The molecule has 2 amide bonds. The zero-order valence-electron chi connectivity index (χ0n) is 13.3. The van der Waals surface area contributed by atoms with E-state index < -0.39 is 15.9 Å². The minimum Gasteiger partial charge on any atom is -0.308 e. The van der Waals surface area contributed by atoms with Crippen molar-refractivity contribution in [2.24, 2.45) is 0 Å². The summed E-state index contributed by atoms with van der Waals surface area (Å²) in [5.74, 6) is 0. The van der Waals surface area contributed by atoms with Crippen molar-refractivity contribution in [1.29, 1.82) is 0 Å². The van der Waals surface area contributed by atoms with Crippen molar-refractivity contribution < 1.29 is 13.2 Å². The van der Waals surface area contributed by atoms with E-state index in [1.807, 2.05) is 13.0 Å². The Bertz CT molecular complexity index is 1080. The SMILES string of the molecule is Cc1ccc(NC(=O)Nc2nc3ccc(S(C)(=O)=O)cc3s2)cc1Cl. The first-order valence-corrected chi connectivity index (χ1v) is 10.3. The molecule has 0 radical (unpaired) electrons. The van der Waals surface area contributed by atoms with Crippen LogP contribution in [0.2, 0.25) is 5.02 Å². The number of benzene rings is 2. The second kappa shape index (κ2) is 6.62. The molecule has 0 aliphatic heterocycles. The number of thiazole rings is 1. The first-order chi connectivity index (χ1) is 11.7. The van der Waals surface area contributed by atoms with E-state index in [2.05, 4.69) is 15.6 Å². The summed E-state index contributed by atoms with van der Waals surface area (Å²) in [6, 6.07) is 9.42. The summed E-state index contributed by atoms with van der Waals surface area (Å²) >= 11 is 7.23. The second-order valence-corrected chi connectivity index (χ2v) is 8.92. The molecule has 6 nitrogen and oxygen atoms in total. The Labute approximate surface area is 153 Å². The number of hydrogen-bond acceptors (Lipinski definition) is 5. The highest BCUT2D eigenvalue weighted by atomic mass is 35.5. The van der Waals surface area contributed by atoms with Gasteiger partial charge in [0.15, 0.2) is 15.0 Å². The van der Waals surface area contributed by atoms with E-state index in [1.165, 1.54) is 17.4 Å². The molecule has 25 heavy (non-hydrogen) atoms. The van der Waals surface area contributed by atoms with Crippen molar-refractivity contribution in [2.75, 3.05) is 16.9 Å². The van der Waals surface area contributed by atoms with E-state index in [4.69, 9.17) is 11.6 Å². The number of nitrogens with one attached hydrogen (secondary N) is 2. The van der Waals surface area contributed by atoms with E-state index in [0.29, 0.717) is 26.1 Å². The van der Waals surface area contributed by atoms with E-state index >= 15 is 0 Å². The number of carbonyl (C=O) groups excluding carboxylic acids is 1. The van der Waals surface area contributed by atoms with Crippen LogP contribution in [0.25, 0.3) is 10.2 Å². The lowest BCUT2D eigenvalue weighted by molar-refractivity contribution is 0.262. The molecule has 0 unspecified atom stereocenters. The molecule has 1 heterocycles. The monoisotopic (exact) mass is 395 g/mol. The molecule has 0 bridgehead atoms. The van der Waals surface area contributed by atoms with E-state index in [0.717, 1.165) is 11.8 Å². The van der Waals surface area contributed by atoms with Crippen molar-refractivity contribution >= 4 is 59.8 Å². The van der Waals surface area contributed by atoms with Gasteiger partial charge in [-0.3, -0.25) is 5.32 Å². The molecule has 0 atom stereocenters. The third kappa shape index (κ3) is 4.09. The summed E-state index contributed by atoms with van der Waals surface area (Å²) in [7, 11) is -3.29. The number of rotatable bonds is 3. The lowest BCUT2D eigenvalue weighted by atomic mass is 10.2. The molecule has 0 aliphatic rings. The number of nitrogens with zero attached hydrogens (tertiary/aromatic N) is 1. The molecular weight excluding hydrogens is 382 g/mol. The number of hydrogen-bond donors (Lipinski definition) is 2. The Kier molecular flexibility index (Phi) is 4.68. The van der Waals surface area contributed by atoms with Crippen molar-refractivity contribution in [3.05, 3.63) is 47.0 Å². The maximum absolute atomic E-state index is 12.1. The van der Waals surface area contributed by atoms with Crippen molar-refractivity contribution in [1.82, 2.24) is 4.98 Å². The summed E-state index contributed by atoms with van der Waals surface area (Å²) in [4.78, 5) is 16.6. The number of halogens is 1. The summed E-state index contributed by atoms with van der Waals surface area (Å²) in [5, 5.41) is 6.24. The van der Waals surface area contributed by atoms with Gasteiger partial charge in [0.1, 0.15) is 0 Å². The molecule has 0 fully saturated rings. The quantitative estimate of drug-likeness (QED) is 0.691. The Hall–Kier alpha value is -2.16. The average Bonchev–Trinajstić information content (AvgIpc) is 2.91. The van der Waals surface area contributed by atoms with Gasteiger partial charge in [0.25, 0.3) is 0 Å². The summed E-state index contributed by atoms with van der Waals surface area (Å²) < 4.78 is 23.9. The lowest BCUT2D eigenvalue weighted by Crippen LogP contribution is -2.19. The van der Waals surface area contributed by atoms with Crippen LogP contribution < -0.4 is 10.6 Å². The van der Waals surface area contributed by atoms with Gasteiger partial charge in [-0.15, -0.1) is 0 Å². The number of urea groups is 1. The van der Waals surface area contributed by atoms with Gasteiger partial charge < -0.3 is 5.32 Å². The molecule has 130 valence electrons. The van der Waals surface area contributed by atoms with Crippen LogP contribution in [0.15, 0.2) is 41.3 Å². The molecule has 3 aromatic rings. The Balaban J connectivity index is 1.78. The van der Waals surface area contributed by atoms with Gasteiger partial charge in [0.2, 0.25) is 0 Å². The van der Waals surface area contributed by atoms with Gasteiger partial charge in [0.05, 0.1) is 15.1 Å². The number of amides is 2. The van der Waals surface area contributed by atoms with Crippen LogP contribution in [-0.4, -0.2) is 25.7 Å². The number of fused-ring (bicyclic) bond motifs is 1. The average molecular weight is 396 g/mol. The normalized spacial score (nSPS) is 11.5. The fraction of sp³-hybridized carbons (Fsp3) is 0.125. The third-order valence-corrected chi connectivity index (χ3v) is 5.89. The van der Waals surface area contributed by atoms with Gasteiger partial charge in [0, 0.05) is 17.0 Å². The molecule has 9 heteroatoms. The fourth-order valence-corrected chi connectivity index (χ4v) is 3.92. The Morgan fingerprint density at radius 2 is 1.92 bits per heavy atom. The molecule has 2 aromatic carbocycles. The maximum atomic E-state index is 12.1. The number of anilines is 2. The minimum atomic E-state index is -3.29. The van der Waals surface area contributed by atoms with Crippen LogP contribution in [0.1, 0.15) is 5.56 Å². The first-order valence-electron chi connectivity index (χ1n) is 7.17.